The standard InChI is InChI=1S/C13H17NO/c1-10(2)12(15)13(3,9-14)11-7-5-4-6-8-11/h4-8,10,12,15H,1-3H3/t12-,13-/m1/s1. The summed E-state index contributed by atoms with van der Waals surface area (Å²) in [6.45, 7) is 5.62. The molecule has 0 unspecified atom stereocenters. The molecule has 2 heteroatoms. The molecule has 0 spiro atoms. The van der Waals surface area contributed by atoms with Crippen LogP contribution in [0.1, 0.15) is 26.3 Å². The predicted molar refractivity (Wildman–Crippen MR) is 60.3 cm³/mol. The Morgan fingerprint density at radius 1 is 1.27 bits per heavy atom. The van der Waals surface area contributed by atoms with E-state index in [-0.39, 0.29) is 5.92 Å². The highest BCUT2D eigenvalue weighted by Crippen LogP contribution is 2.30. The molecule has 1 aromatic carbocycles. The fourth-order valence-corrected chi connectivity index (χ4v) is 1.75. The normalized spacial score (nSPS) is 16.8. The van der Waals surface area contributed by atoms with E-state index in [0.29, 0.717) is 0 Å². The molecular weight excluding hydrogens is 186 g/mol. The van der Waals surface area contributed by atoms with E-state index in [0.717, 1.165) is 5.56 Å². The maximum Gasteiger partial charge on any atom is 0.105 e. The van der Waals surface area contributed by atoms with Crippen LogP contribution in [0.5, 0.6) is 0 Å². The van der Waals surface area contributed by atoms with Crippen LogP contribution >= 0.6 is 0 Å². The van der Waals surface area contributed by atoms with Gasteiger partial charge in [-0.15, -0.1) is 0 Å². The van der Waals surface area contributed by atoms with Crippen LogP contribution in [0.2, 0.25) is 0 Å². The molecule has 0 radical (unpaired) electrons. The van der Waals surface area contributed by atoms with Crippen LogP contribution in [0.4, 0.5) is 0 Å². The first kappa shape index (κ1) is 11.7. The summed E-state index contributed by atoms with van der Waals surface area (Å²) in [6, 6.07) is 11.7. The van der Waals surface area contributed by atoms with Gasteiger partial charge in [-0.1, -0.05) is 44.2 Å². The van der Waals surface area contributed by atoms with Crippen molar-refractivity contribution in [1.82, 2.24) is 0 Å². The monoisotopic (exact) mass is 203 g/mol. The van der Waals surface area contributed by atoms with Crippen molar-refractivity contribution in [2.75, 3.05) is 0 Å². The van der Waals surface area contributed by atoms with Crippen molar-refractivity contribution in [3.05, 3.63) is 35.9 Å². The zero-order valence-corrected chi connectivity index (χ0v) is 9.44. The molecule has 0 aliphatic rings. The molecule has 0 fully saturated rings. The molecule has 80 valence electrons. The Kier molecular flexibility index (Phi) is 3.49. The van der Waals surface area contributed by atoms with E-state index in [4.69, 9.17) is 0 Å². The number of nitrogens with zero attached hydrogens (tertiary/aromatic N) is 1. The number of benzene rings is 1. The van der Waals surface area contributed by atoms with Gasteiger partial charge in [-0.25, -0.2) is 0 Å². The molecule has 0 saturated carbocycles. The topological polar surface area (TPSA) is 44.0 Å². The van der Waals surface area contributed by atoms with Crippen molar-refractivity contribution in [2.45, 2.75) is 32.3 Å². The molecule has 0 aliphatic heterocycles. The lowest BCUT2D eigenvalue weighted by Crippen LogP contribution is -2.38. The Morgan fingerprint density at radius 2 is 1.80 bits per heavy atom. The SMILES string of the molecule is CC(C)[C@@H](O)[C@](C)(C#N)c1ccccc1. The molecule has 1 N–H and O–H groups in total. The maximum atomic E-state index is 10.1. The largest absolute Gasteiger partial charge is 0.391 e. The molecule has 0 aliphatic carbocycles. The maximum absolute atomic E-state index is 10.1. The molecule has 0 heterocycles. The quantitative estimate of drug-likeness (QED) is 0.820. The van der Waals surface area contributed by atoms with Crippen molar-refractivity contribution in [3.8, 4) is 6.07 Å². The average molecular weight is 203 g/mol. The number of rotatable bonds is 3. The number of aliphatic hydroxyl groups excluding tert-OH is 1. The summed E-state index contributed by atoms with van der Waals surface area (Å²) in [4.78, 5) is 0. The van der Waals surface area contributed by atoms with Gasteiger partial charge in [0.15, 0.2) is 0 Å². The third-order valence-corrected chi connectivity index (χ3v) is 2.83. The third-order valence-electron chi connectivity index (χ3n) is 2.83. The van der Waals surface area contributed by atoms with Crippen molar-refractivity contribution in [2.24, 2.45) is 5.92 Å². The average Bonchev–Trinajstić information content (AvgIpc) is 2.28. The second-order valence-corrected chi connectivity index (χ2v) is 4.37. The summed E-state index contributed by atoms with van der Waals surface area (Å²) in [5.74, 6) is 0.0647. The fraction of sp³-hybridized carbons (Fsp3) is 0.462. The van der Waals surface area contributed by atoms with E-state index in [1.807, 2.05) is 44.2 Å². The molecule has 2 atom stereocenters. The highest BCUT2D eigenvalue weighted by molar-refractivity contribution is 5.33. The second kappa shape index (κ2) is 4.46. The van der Waals surface area contributed by atoms with E-state index < -0.39 is 11.5 Å². The summed E-state index contributed by atoms with van der Waals surface area (Å²) in [5, 5.41) is 19.3. The van der Waals surface area contributed by atoms with Gasteiger partial charge in [0, 0.05) is 0 Å². The minimum absolute atomic E-state index is 0.0647. The van der Waals surface area contributed by atoms with Crippen molar-refractivity contribution in [3.63, 3.8) is 0 Å². The van der Waals surface area contributed by atoms with Crippen LogP contribution in [0.3, 0.4) is 0 Å². The molecular formula is C13H17NO. The van der Waals surface area contributed by atoms with E-state index in [2.05, 4.69) is 6.07 Å². The first-order valence-electron chi connectivity index (χ1n) is 5.17. The van der Waals surface area contributed by atoms with Crippen LogP contribution in [0.15, 0.2) is 30.3 Å². The third kappa shape index (κ3) is 2.19. The Bertz CT molecular complexity index is 353. The lowest BCUT2D eigenvalue weighted by Gasteiger charge is -2.30. The number of nitriles is 1. The van der Waals surface area contributed by atoms with Crippen LogP contribution in [-0.2, 0) is 5.41 Å². The zero-order valence-electron chi connectivity index (χ0n) is 9.44. The Balaban J connectivity index is 3.13. The molecule has 0 aromatic heterocycles. The van der Waals surface area contributed by atoms with Crippen molar-refractivity contribution < 1.29 is 5.11 Å². The number of hydrogen-bond acceptors (Lipinski definition) is 2. The molecule has 0 amide bonds. The number of aliphatic hydroxyl groups is 1. The van der Waals surface area contributed by atoms with Crippen LogP contribution in [-0.4, -0.2) is 11.2 Å². The first-order chi connectivity index (χ1) is 7.02. The molecule has 2 nitrogen and oxygen atoms in total. The molecule has 15 heavy (non-hydrogen) atoms. The van der Waals surface area contributed by atoms with E-state index in [9.17, 15) is 10.4 Å². The first-order valence-corrected chi connectivity index (χ1v) is 5.17. The van der Waals surface area contributed by atoms with Gasteiger partial charge in [-0.3, -0.25) is 0 Å². The summed E-state index contributed by atoms with van der Waals surface area (Å²) < 4.78 is 0. The van der Waals surface area contributed by atoms with Gasteiger partial charge < -0.3 is 5.11 Å². The van der Waals surface area contributed by atoms with Gasteiger partial charge in [0.2, 0.25) is 0 Å². The van der Waals surface area contributed by atoms with Gasteiger partial charge in [0.25, 0.3) is 0 Å². The van der Waals surface area contributed by atoms with Gasteiger partial charge in [0.1, 0.15) is 5.41 Å². The summed E-state index contributed by atoms with van der Waals surface area (Å²) in [7, 11) is 0. The Labute approximate surface area is 91.2 Å². The summed E-state index contributed by atoms with van der Waals surface area (Å²) in [5.41, 5.74) is 0.0452. The van der Waals surface area contributed by atoms with Crippen molar-refractivity contribution in [1.29, 1.82) is 5.26 Å². The summed E-state index contributed by atoms with van der Waals surface area (Å²) in [6.07, 6.45) is -0.648. The van der Waals surface area contributed by atoms with Crippen LogP contribution in [0, 0.1) is 17.2 Å². The lowest BCUT2D eigenvalue weighted by molar-refractivity contribution is 0.0739. The van der Waals surface area contributed by atoms with E-state index in [1.54, 1.807) is 6.92 Å². The van der Waals surface area contributed by atoms with Gasteiger partial charge in [-0.2, -0.15) is 5.26 Å². The Hall–Kier alpha value is -1.33. The van der Waals surface area contributed by atoms with Crippen LogP contribution < -0.4 is 0 Å². The Morgan fingerprint density at radius 3 is 2.20 bits per heavy atom. The molecule has 1 rings (SSSR count). The van der Waals surface area contributed by atoms with Gasteiger partial charge >= 0.3 is 0 Å². The van der Waals surface area contributed by atoms with Crippen molar-refractivity contribution >= 4 is 0 Å². The predicted octanol–water partition coefficient (Wildman–Crippen LogP) is 2.48. The number of hydrogen-bond donors (Lipinski definition) is 1. The second-order valence-electron chi connectivity index (χ2n) is 4.37. The van der Waals surface area contributed by atoms with Gasteiger partial charge in [-0.05, 0) is 18.4 Å². The fourth-order valence-electron chi connectivity index (χ4n) is 1.75. The highest BCUT2D eigenvalue weighted by Gasteiger charge is 2.36. The lowest BCUT2D eigenvalue weighted by atomic mass is 9.75. The minimum Gasteiger partial charge on any atom is -0.391 e. The van der Waals surface area contributed by atoms with E-state index >= 15 is 0 Å². The zero-order chi connectivity index (χ0) is 11.5. The van der Waals surface area contributed by atoms with E-state index in [1.165, 1.54) is 0 Å². The molecule has 0 saturated heterocycles. The minimum atomic E-state index is -0.824. The molecule has 1 aromatic rings. The summed E-state index contributed by atoms with van der Waals surface area (Å²) >= 11 is 0. The van der Waals surface area contributed by atoms with Crippen LogP contribution in [0.25, 0.3) is 0 Å². The molecule has 0 bridgehead atoms. The van der Waals surface area contributed by atoms with Gasteiger partial charge in [0.05, 0.1) is 12.2 Å². The highest BCUT2D eigenvalue weighted by atomic mass is 16.3. The smallest absolute Gasteiger partial charge is 0.105 e.